The third-order valence-corrected chi connectivity index (χ3v) is 7.59. The lowest BCUT2D eigenvalue weighted by molar-refractivity contribution is 0.0772. The predicted molar refractivity (Wildman–Crippen MR) is 135 cm³/mol. The second-order valence-electron chi connectivity index (χ2n) is 8.17. The molecule has 1 aliphatic heterocycles. The van der Waals surface area contributed by atoms with Crippen LogP contribution in [0.2, 0.25) is 0 Å². The standard InChI is InChI=1S/C24H24N6O2S2/c1-13-21(15(3)32-29-13)17-7-9-30(10-8-17)23(31)18-5-6-20(25-11-18)28-24-27-19(12-33-24)22-14(2)26-16(4)34-22/h5-7,11-12H,8-10H2,1-4H3,(H,25,27,28). The van der Waals surface area contributed by atoms with Crippen LogP contribution in [0.3, 0.4) is 0 Å². The molecule has 5 rings (SSSR count). The number of nitrogens with one attached hydrogen (secondary N) is 1. The Balaban J connectivity index is 1.23. The molecule has 0 spiro atoms. The highest BCUT2D eigenvalue weighted by atomic mass is 32.1. The van der Waals surface area contributed by atoms with E-state index >= 15 is 0 Å². The van der Waals surface area contributed by atoms with Gasteiger partial charge in [0.15, 0.2) is 5.13 Å². The van der Waals surface area contributed by atoms with E-state index in [2.05, 4.69) is 31.5 Å². The van der Waals surface area contributed by atoms with Gasteiger partial charge < -0.3 is 14.7 Å². The van der Waals surface area contributed by atoms with Gasteiger partial charge in [-0.15, -0.1) is 22.7 Å². The summed E-state index contributed by atoms with van der Waals surface area (Å²) < 4.78 is 5.28. The molecule has 0 radical (unpaired) electrons. The van der Waals surface area contributed by atoms with E-state index in [0.717, 1.165) is 49.8 Å². The predicted octanol–water partition coefficient (Wildman–Crippen LogP) is 5.56. The summed E-state index contributed by atoms with van der Waals surface area (Å²) in [6.45, 7) is 9.06. The number of hydrogen-bond acceptors (Lipinski definition) is 9. The van der Waals surface area contributed by atoms with Crippen molar-refractivity contribution in [3.63, 3.8) is 0 Å². The zero-order chi connectivity index (χ0) is 23.8. The Hall–Kier alpha value is -3.37. The van der Waals surface area contributed by atoms with Gasteiger partial charge in [-0.25, -0.2) is 15.0 Å². The van der Waals surface area contributed by atoms with E-state index < -0.39 is 0 Å². The molecule has 4 aromatic heterocycles. The average Bonchev–Trinajstić information content (AvgIpc) is 3.52. The number of carbonyl (C=O) groups excluding carboxylic acids is 1. The highest BCUT2D eigenvalue weighted by Gasteiger charge is 2.22. The van der Waals surface area contributed by atoms with Gasteiger partial charge in [0.1, 0.15) is 11.6 Å². The van der Waals surface area contributed by atoms with Gasteiger partial charge in [0.25, 0.3) is 5.91 Å². The summed E-state index contributed by atoms with van der Waals surface area (Å²) >= 11 is 3.16. The van der Waals surface area contributed by atoms with E-state index in [0.29, 0.717) is 24.5 Å². The zero-order valence-corrected chi connectivity index (χ0v) is 21.0. The van der Waals surface area contributed by atoms with Crippen LogP contribution in [0, 0.1) is 27.7 Å². The summed E-state index contributed by atoms with van der Waals surface area (Å²) in [5.74, 6) is 1.44. The van der Waals surface area contributed by atoms with Crippen LogP contribution in [0.5, 0.6) is 0 Å². The molecular weight excluding hydrogens is 468 g/mol. The molecule has 4 aromatic rings. The van der Waals surface area contributed by atoms with Crippen molar-refractivity contribution in [2.45, 2.75) is 34.1 Å². The van der Waals surface area contributed by atoms with Crippen molar-refractivity contribution >= 4 is 45.1 Å². The molecule has 0 bridgehead atoms. The first kappa shape index (κ1) is 22.4. The number of amides is 1. The van der Waals surface area contributed by atoms with Gasteiger partial charge in [-0.3, -0.25) is 4.79 Å². The fourth-order valence-corrected chi connectivity index (χ4v) is 5.78. The normalized spacial score (nSPS) is 13.8. The SMILES string of the molecule is Cc1nc(C)c(-c2csc(Nc3ccc(C(=O)N4CC=C(c5c(C)noc5C)CC4)cn3)n2)s1. The molecule has 34 heavy (non-hydrogen) atoms. The van der Waals surface area contributed by atoms with E-state index in [1.807, 2.05) is 44.0 Å². The molecule has 174 valence electrons. The molecule has 1 aliphatic rings. The fourth-order valence-electron chi connectivity index (χ4n) is 4.11. The topological polar surface area (TPSA) is 97.0 Å². The Morgan fingerprint density at radius 1 is 1.15 bits per heavy atom. The van der Waals surface area contributed by atoms with Crippen LogP contribution in [-0.4, -0.2) is 44.0 Å². The maximum Gasteiger partial charge on any atom is 0.255 e. The Morgan fingerprint density at radius 3 is 2.62 bits per heavy atom. The van der Waals surface area contributed by atoms with E-state index in [9.17, 15) is 4.79 Å². The number of pyridine rings is 1. The fraction of sp³-hybridized carbons (Fsp3) is 0.292. The van der Waals surface area contributed by atoms with E-state index in [1.54, 1.807) is 23.6 Å². The average molecular weight is 493 g/mol. The quantitative estimate of drug-likeness (QED) is 0.390. The number of carbonyl (C=O) groups is 1. The summed E-state index contributed by atoms with van der Waals surface area (Å²) in [6, 6.07) is 3.61. The van der Waals surface area contributed by atoms with Crippen molar-refractivity contribution in [2.24, 2.45) is 0 Å². The summed E-state index contributed by atoms with van der Waals surface area (Å²) in [5, 5.41) is 11.1. The Labute approximate surface area is 205 Å². The summed E-state index contributed by atoms with van der Waals surface area (Å²) in [7, 11) is 0. The minimum Gasteiger partial charge on any atom is -0.361 e. The minimum atomic E-state index is -0.0271. The zero-order valence-electron chi connectivity index (χ0n) is 19.4. The van der Waals surface area contributed by atoms with Crippen LogP contribution in [0.4, 0.5) is 10.9 Å². The highest BCUT2D eigenvalue weighted by Crippen LogP contribution is 2.33. The second kappa shape index (κ2) is 9.11. The van der Waals surface area contributed by atoms with Gasteiger partial charge in [0.05, 0.1) is 32.5 Å². The lowest BCUT2D eigenvalue weighted by Gasteiger charge is -2.26. The lowest BCUT2D eigenvalue weighted by Crippen LogP contribution is -2.34. The molecule has 0 atom stereocenters. The van der Waals surface area contributed by atoms with Crippen LogP contribution in [0.15, 0.2) is 34.3 Å². The van der Waals surface area contributed by atoms with E-state index in [4.69, 9.17) is 4.52 Å². The van der Waals surface area contributed by atoms with Crippen LogP contribution in [0.1, 0.15) is 44.5 Å². The van der Waals surface area contributed by atoms with Gasteiger partial charge >= 0.3 is 0 Å². The van der Waals surface area contributed by atoms with Crippen molar-refractivity contribution in [3.8, 4) is 10.6 Å². The Kier molecular flexibility index (Phi) is 6.01. The van der Waals surface area contributed by atoms with E-state index in [-0.39, 0.29) is 5.91 Å². The first-order valence-electron chi connectivity index (χ1n) is 10.9. The molecule has 0 unspecified atom stereocenters. The molecule has 8 nitrogen and oxygen atoms in total. The van der Waals surface area contributed by atoms with Gasteiger partial charge in [-0.05, 0) is 51.8 Å². The molecule has 0 saturated carbocycles. The third kappa shape index (κ3) is 4.38. The van der Waals surface area contributed by atoms with Gasteiger partial charge in [-0.2, -0.15) is 0 Å². The van der Waals surface area contributed by atoms with Gasteiger partial charge in [0.2, 0.25) is 0 Å². The number of rotatable bonds is 5. The first-order chi connectivity index (χ1) is 16.4. The molecule has 10 heteroatoms. The molecule has 0 fully saturated rings. The van der Waals surface area contributed by atoms with Gasteiger partial charge in [0, 0.05) is 30.2 Å². The minimum absolute atomic E-state index is 0.0271. The first-order valence-corrected chi connectivity index (χ1v) is 12.6. The number of thiazole rings is 2. The summed E-state index contributed by atoms with van der Waals surface area (Å²) in [4.78, 5) is 29.5. The van der Waals surface area contributed by atoms with Crippen molar-refractivity contribution in [1.29, 1.82) is 0 Å². The van der Waals surface area contributed by atoms with Crippen LogP contribution < -0.4 is 5.32 Å². The third-order valence-electron chi connectivity index (χ3n) is 5.74. The van der Waals surface area contributed by atoms with Crippen LogP contribution in [0.25, 0.3) is 16.1 Å². The maximum absolute atomic E-state index is 13.0. The number of aromatic nitrogens is 4. The summed E-state index contributed by atoms with van der Waals surface area (Å²) in [5.41, 5.74) is 5.61. The van der Waals surface area contributed by atoms with Crippen molar-refractivity contribution in [1.82, 2.24) is 25.0 Å². The maximum atomic E-state index is 13.0. The molecular formula is C24H24N6O2S2. The number of hydrogen-bond donors (Lipinski definition) is 1. The number of aryl methyl sites for hydroxylation is 4. The Morgan fingerprint density at radius 2 is 2.00 bits per heavy atom. The van der Waals surface area contributed by atoms with Crippen molar-refractivity contribution in [3.05, 3.63) is 63.1 Å². The lowest BCUT2D eigenvalue weighted by atomic mass is 9.98. The van der Waals surface area contributed by atoms with Crippen LogP contribution >= 0.6 is 22.7 Å². The molecule has 0 saturated heterocycles. The van der Waals surface area contributed by atoms with E-state index in [1.165, 1.54) is 16.9 Å². The highest BCUT2D eigenvalue weighted by molar-refractivity contribution is 7.16. The monoisotopic (exact) mass is 492 g/mol. The molecule has 0 aromatic carbocycles. The second-order valence-corrected chi connectivity index (χ2v) is 10.2. The van der Waals surface area contributed by atoms with Crippen molar-refractivity contribution < 1.29 is 9.32 Å². The van der Waals surface area contributed by atoms with Crippen LogP contribution in [-0.2, 0) is 0 Å². The molecule has 0 aliphatic carbocycles. The molecule has 1 N–H and O–H groups in total. The number of anilines is 2. The largest absolute Gasteiger partial charge is 0.361 e. The Bertz CT molecular complexity index is 1360. The van der Waals surface area contributed by atoms with Crippen molar-refractivity contribution in [2.75, 3.05) is 18.4 Å². The molecule has 1 amide bonds. The summed E-state index contributed by atoms with van der Waals surface area (Å²) in [6.07, 6.45) is 4.47. The number of nitrogens with zero attached hydrogens (tertiary/aromatic N) is 5. The van der Waals surface area contributed by atoms with Gasteiger partial charge in [-0.1, -0.05) is 11.2 Å². The smallest absolute Gasteiger partial charge is 0.255 e. The molecule has 5 heterocycles.